The van der Waals surface area contributed by atoms with Gasteiger partial charge >= 0.3 is 0 Å². The Balaban J connectivity index is 1.54. The van der Waals surface area contributed by atoms with Crippen LogP contribution in [-0.4, -0.2) is 23.0 Å². The molecule has 3 N–H and O–H groups in total. The standard InChI is InChI=1S/C24H28N2O5/c1-15-13-19(27)21(29)22(31-15)24(11-5-2-6-12-24)14-20(28)25-18-10-9-16-7-3-4-8-17(16)26-23(18)30/h3-4,7-8,13,18,29H,2,5-6,9-12,14H2,1H3,(H,25,28)(H,26,30). The molecule has 31 heavy (non-hydrogen) atoms. The smallest absolute Gasteiger partial charge is 0.246 e. The van der Waals surface area contributed by atoms with Crippen molar-refractivity contribution < 1.29 is 19.1 Å². The summed E-state index contributed by atoms with van der Waals surface area (Å²) in [6.45, 7) is 1.66. The van der Waals surface area contributed by atoms with Crippen molar-refractivity contribution in [1.29, 1.82) is 0 Å². The summed E-state index contributed by atoms with van der Waals surface area (Å²) in [5, 5.41) is 16.2. The molecule has 0 radical (unpaired) electrons. The van der Waals surface area contributed by atoms with Crippen LogP contribution in [0.25, 0.3) is 0 Å². The normalized spacial score (nSPS) is 20.3. The van der Waals surface area contributed by atoms with Gasteiger partial charge in [0, 0.05) is 23.6 Å². The van der Waals surface area contributed by atoms with Crippen LogP contribution in [0.3, 0.4) is 0 Å². The Morgan fingerprint density at radius 2 is 1.97 bits per heavy atom. The quantitative estimate of drug-likeness (QED) is 0.698. The van der Waals surface area contributed by atoms with E-state index in [2.05, 4.69) is 10.6 Å². The average Bonchev–Trinajstić information content (AvgIpc) is 2.90. The van der Waals surface area contributed by atoms with Crippen LogP contribution < -0.4 is 16.1 Å². The molecule has 2 heterocycles. The summed E-state index contributed by atoms with van der Waals surface area (Å²) >= 11 is 0. The van der Waals surface area contributed by atoms with Crippen LogP contribution in [0.1, 0.15) is 62.0 Å². The fourth-order valence-corrected chi connectivity index (χ4v) is 4.88. The van der Waals surface area contributed by atoms with Crippen LogP contribution in [0.15, 0.2) is 39.5 Å². The first-order valence-electron chi connectivity index (χ1n) is 10.9. The Morgan fingerprint density at radius 3 is 2.74 bits per heavy atom. The first-order chi connectivity index (χ1) is 14.9. The number of carbonyl (C=O) groups is 2. The number of para-hydroxylation sites is 1. The number of aromatic hydroxyl groups is 1. The first-order valence-corrected chi connectivity index (χ1v) is 10.9. The van der Waals surface area contributed by atoms with Crippen LogP contribution in [0, 0.1) is 6.92 Å². The molecule has 0 saturated heterocycles. The number of carbonyl (C=O) groups excluding carboxylic acids is 2. The lowest BCUT2D eigenvalue weighted by Crippen LogP contribution is -2.46. The second-order valence-corrected chi connectivity index (χ2v) is 8.72. The minimum atomic E-state index is -0.748. The van der Waals surface area contributed by atoms with E-state index in [1.165, 1.54) is 6.07 Å². The van der Waals surface area contributed by atoms with Gasteiger partial charge in [0.1, 0.15) is 11.8 Å². The maximum atomic E-state index is 13.1. The number of aryl methyl sites for hydroxylation is 2. The van der Waals surface area contributed by atoms with Gasteiger partial charge in [0.25, 0.3) is 0 Å². The molecule has 7 heteroatoms. The summed E-state index contributed by atoms with van der Waals surface area (Å²) in [6.07, 6.45) is 5.32. The van der Waals surface area contributed by atoms with E-state index in [4.69, 9.17) is 4.42 Å². The average molecular weight is 424 g/mol. The fourth-order valence-electron chi connectivity index (χ4n) is 4.88. The molecule has 1 saturated carbocycles. The third-order valence-electron chi connectivity index (χ3n) is 6.47. The maximum Gasteiger partial charge on any atom is 0.246 e. The number of amides is 2. The van der Waals surface area contributed by atoms with Crippen molar-refractivity contribution in [2.75, 3.05) is 5.32 Å². The summed E-state index contributed by atoms with van der Waals surface area (Å²) in [6, 6.07) is 8.24. The third-order valence-corrected chi connectivity index (χ3v) is 6.47. The Bertz CT molecular complexity index is 1050. The molecular weight excluding hydrogens is 396 g/mol. The van der Waals surface area contributed by atoms with E-state index in [0.29, 0.717) is 31.4 Å². The van der Waals surface area contributed by atoms with Crippen molar-refractivity contribution in [3.8, 4) is 5.75 Å². The van der Waals surface area contributed by atoms with Gasteiger partial charge in [-0.2, -0.15) is 0 Å². The predicted molar refractivity (Wildman–Crippen MR) is 116 cm³/mol. The highest BCUT2D eigenvalue weighted by Crippen LogP contribution is 2.45. The van der Waals surface area contributed by atoms with Gasteiger partial charge in [-0.05, 0) is 44.2 Å². The fraction of sp³-hybridized carbons (Fsp3) is 0.458. The first kappa shape index (κ1) is 21.2. The van der Waals surface area contributed by atoms with E-state index in [9.17, 15) is 19.5 Å². The van der Waals surface area contributed by atoms with Crippen LogP contribution >= 0.6 is 0 Å². The second-order valence-electron chi connectivity index (χ2n) is 8.72. The lowest BCUT2D eigenvalue weighted by Gasteiger charge is -2.36. The van der Waals surface area contributed by atoms with Crippen LogP contribution in [0.2, 0.25) is 0 Å². The van der Waals surface area contributed by atoms with Gasteiger partial charge < -0.3 is 20.2 Å². The van der Waals surface area contributed by atoms with Gasteiger partial charge in [-0.15, -0.1) is 0 Å². The Morgan fingerprint density at radius 1 is 1.23 bits per heavy atom. The van der Waals surface area contributed by atoms with Crippen LogP contribution in [-0.2, 0) is 21.4 Å². The van der Waals surface area contributed by atoms with E-state index >= 15 is 0 Å². The van der Waals surface area contributed by atoms with Crippen molar-refractivity contribution in [3.05, 3.63) is 57.6 Å². The minimum absolute atomic E-state index is 0.0592. The van der Waals surface area contributed by atoms with Gasteiger partial charge in [0.2, 0.25) is 23.0 Å². The largest absolute Gasteiger partial charge is 0.502 e. The summed E-state index contributed by atoms with van der Waals surface area (Å²) in [7, 11) is 0. The Hall–Kier alpha value is -3.09. The van der Waals surface area contributed by atoms with Gasteiger partial charge in [-0.1, -0.05) is 37.5 Å². The zero-order valence-corrected chi connectivity index (χ0v) is 17.7. The number of benzene rings is 1. The Kier molecular flexibility index (Phi) is 5.85. The molecule has 164 valence electrons. The molecule has 7 nitrogen and oxygen atoms in total. The number of hydrogen-bond acceptors (Lipinski definition) is 5. The second kappa shape index (κ2) is 8.57. The zero-order valence-electron chi connectivity index (χ0n) is 17.7. The summed E-state index contributed by atoms with van der Waals surface area (Å²) in [5.41, 5.74) is 0.578. The molecule has 1 aliphatic heterocycles. The molecule has 4 rings (SSSR count). The molecule has 2 aromatic rings. The molecule has 2 aliphatic rings. The van der Waals surface area contributed by atoms with E-state index < -0.39 is 22.6 Å². The molecule has 0 bridgehead atoms. The molecular formula is C24H28N2O5. The highest BCUT2D eigenvalue weighted by molar-refractivity contribution is 5.98. The predicted octanol–water partition coefficient (Wildman–Crippen LogP) is 3.32. The number of hydrogen-bond donors (Lipinski definition) is 3. The maximum absolute atomic E-state index is 13.1. The molecule has 1 aliphatic carbocycles. The Labute approximate surface area is 180 Å². The topological polar surface area (TPSA) is 109 Å². The molecule has 1 aromatic heterocycles. The van der Waals surface area contributed by atoms with E-state index in [0.717, 1.165) is 30.5 Å². The number of rotatable bonds is 4. The minimum Gasteiger partial charge on any atom is -0.502 e. The lowest BCUT2D eigenvalue weighted by molar-refractivity contribution is -0.127. The van der Waals surface area contributed by atoms with Gasteiger partial charge in [0.05, 0.1) is 0 Å². The van der Waals surface area contributed by atoms with Gasteiger partial charge in [0.15, 0.2) is 5.76 Å². The van der Waals surface area contributed by atoms with E-state index in [1.807, 2.05) is 24.3 Å². The van der Waals surface area contributed by atoms with E-state index in [-0.39, 0.29) is 24.0 Å². The number of nitrogens with one attached hydrogen (secondary N) is 2. The highest BCUT2D eigenvalue weighted by atomic mass is 16.4. The van der Waals surface area contributed by atoms with Crippen molar-refractivity contribution in [1.82, 2.24) is 5.32 Å². The monoisotopic (exact) mass is 424 g/mol. The number of anilines is 1. The zero-order chi connectivity index (χ0) is 22.0. The molecule has 1 atom stereocenters. The van der Waals surface area contributed by atoms with Crippen molar-refractivity contribution in [3.63, 3.8) is 0 Å². The summed E-state index contributed by atoms with van der Waals surface area (Å²) in [4.78, 5) is 37.9. The molecule has 2 amide bonds. The van der Waals surface area contributed by atoms with Crippen molar-refractivity contribution in [2.24, 2.45) is 0 Å². The van der Waals surface area contributed by atoms with Crippen molar-refractivity contribution >= 4 is 17.5 Å². The van der Waals surface area contributed by atoms with E-state index in [1.54, 1.807) is 6.92 Å². The molecule has 1 fully saturated rings. The van der Waals surface area contributed by atoms with Gasteiger partial charge in [-0.25, -0.2) is 0 Å². The van der Waals surface area contributed by atoms with Crippen LogP contribution in [0.4, 0.5) is 5.69 Å². The molecule has 0 spiro atoms. The van der Waals surface area contributed by atoms with Crippen molar-refractivity contribution in [2.45, 2.75) is 69.7 Å². The summed E-state index contributed by atoms with van der Waals surface area (Å²) in [5.74, 6) is -0.324. The third kappa shape index (κ3) is 4.36. The lowest BCUT2D eigenvalue weighted by atomic mass is 9.69. The highest BCUT2D eigenvalue weighted by Gasteiger charge is 2.42. The summed E-state index contributed by atoms with van der Waals surface area (Å²) < 4.78 is 5.80. The SMILES string of the molecule is Cc1cc(=O)c(O)c(C2(CC(=O)NC3CCc4ccccc4NC3=O)CCCCC2)o1. The number of fused-ring (bicyclic) bond motifs is 1. The van der Waals surface area contributed by atoms with Crippen LogP contribution in [0.5, 0.6) is 5.75 Å². The molecule has 1 aromatic carbocycles. The molecule has 1 unspecified atom stereocenters. The van der Waals surface area contributed by atoms with Gasteiger partial charge in [-0.3, -0.25) is 14.4 Å².